The first-order chi connectivity index (χ1) is 41.1. The predicted octanol–water partition coefficient (Wildman–Crippen LogP) is 10.8. The molecule has 2 spiro atoms. The molecule has 0 radical (unpaired) electrons. The second-order valence-corrected chi connectivity index (χ2v) is 22.5. The van der Waals surface area contributed by atoms with Gasteiger partial charge in [-0.1, -0.05) is 104 Å². The number of ether oxygens (including phenoxy) is 3. The molecule has 12 rings (SSSR count). The van der Waals surface area contributed by atoms with Crippen LogP contribution in [0.15, 0.2) is 150 Å². The lowest BCUT2D eigenvalue weighted by atomic mass is 9.75. The van der Waals surface area contributed by atoms with Crippen LogP contribution in [0.1, 0.15) is 61.8 Å². The summed E-state index contributed by atoms with van der Waals surface area (Å²) in [6.45, 7) is 7.16. The standard InChI is InChI=1S/C29H21FN4O3.C25H24BrN3O3.C7H5BFNO2.C2H3ClO2.CH4/c1-37-28(36)33-16-29(17-33)22-8-4-5-9-25(22)34(27(29)35)15-24-26(18-10-11-19(13-31)23(30)12-18)21-7-3-2-6-20(21)14-32-24;1-24(2,3)32-23(31)28-14-25(15-28)18-10-6-7-11-20(18)29(22(25)30)13-19-21(26)17-9-5-4-8-16(17)12-27-19;9-7-3-6(8(11)12)2-1-5(7)4-10;1-5-2(3)4;/h2-12,14H,15-17H2,1H3;4-12H,13-15H2,1-3H3;1-3,11-12H;1H3;1H4. The van der Waals surface area contributed by atoms with E-state index in [4.69, 9.17) is 29.8 Å². The third kappa shape index (κ3) is 12.7. The molecule has 0 atom stereocenters. The highest BCUT2D eigenvalue weighted by Crippen LogP contribution is 2.50. The van der Waals surface area contributed by atoms with E-state index >= 15 is 0 Å². The minimum atomic E-state index is -1.70. The van der Waals surface area contributed by atoms with Crippen LogP contribution in [0.3, 0.4) is 0 Å². The number of nitrogens with zero attached hydrogens (tertiary/aromatic N) is 8. The molecule has 23 heteroatoms. The number of benzene rings is 6. The van der Waals surface area contributed by atoms with E-state index in [1.54, 1.807) is 33.0 Å². The van der Waals surface area contributed by atoms with Gasteiger partial charge in [0.25, 0.3) is 0 Å². The Bertz CT molecular complexity index is 4090. The molecule has 2 fully saturated rings. The Hall–Kier alpha value is -9.32. The molecular formula is C64H57BBrClF2N8O10. The molecule has 2 saturated heterocycles. The number of halogens is 4. The van der Waals surface area contributed by atoms with Crippen LogP contribution in [-0.2, 0) is 47.7 Å². The van der Waals surface area contributed by atoms with Crippen molar-refractivity contribution in [2.75, 3.05) is 50.2 Å². The zero-order valence-corrected chi connectivity index (χ0v) is 49.3. The van der Waals surface area contributed by atoms with Crippen LogP contribution < -0.4 is 15.3 Å². The molecule has 0 unspecified atom stereocenters. The van der Waals surface area contributed by atoms with E-state index in [9.17, 15) is 38.0 Å². The van der Waals surface area contributed by atoms with Crippen molar-refractivity contribution in [2.24, 2.45) is 0 Å². The first-order valence-electron chi connectivity index (χ1n) is 26.6. The number of rotatable bonds is 6. The van der Waals surface area contributed by atoms with E-state index in [0.29, 0.717) is 36.5 Å². The highest BCUT2D eigenvalue weighted by Gasteiger charge is 2.61. The van der Waals surface area contributed by atoms with Gasteiger partial charge in [-0.05, 0) is 106 Å². The highest BCUT2D eigenvalue weighted by atomic mass is 79.9. The molecular weight excluding hydrogens is 1200 g/mol. The quantitative estimate of drug-likeness (QED) is 0.0894. The third-order valence-electron chi connectivity index (χ3n) is 14.9. The average Bonchev–Trinajstić information content (AvgIpc) is 1.59. The lowest BCUT2D eigenvalue weighted by molar-refractivity contribution is -0.129. The molecule has 0 aliphatic carbocycles. The normalized spacial score (nSPS) is 14.4. The van der Waals surface area contributed by atoms with Crippen molar-refractivity contribution in [3.63, 3.8) is 0 Å². The van der Waals surface area contributed by atoms with Gasteiger partial charge in [-0.15, -0.1) is 0 Å². The fourth-order valence-corrected chi connectivity index (χ4v) is 11.4. The van der Waals surface area contributed by atoms with E-state index in [2.05, 4.69) is 37.3 Å². The van der Waals surface area contributed by atoms with Gasteiger partial charge in [-0.2, -0.15) is 10.5 Å². The summed E-state index contributed by atoms with van der Waals surface area (Å²) >= 11 is 8.30. The molecule has 87 heavy (non-hydrogen) atoms. The minimum Gasteiger partial charge on any atom is -0.457 e. The van der Waals surface area contributed by atoms with Gasteiger partial charge < -0.3 is 43.9 Å². The summed E-state index contributed by atoms with van der Waals surface area (Å²) in [5, 5.41) is 38.6. The molecule has 6 heterocycles. The summed E-state index contributed by atoms with van der Waals surface area (Å²) in [7, 11) is 0.838. The minimum absolute atomic E-state index is 0. The number of methoxy groups -OCH3 is 2. The molecule has 444 valence electrons. The number of carbonyl (C=O) groups excluding carboxylic acids is 5. The van der Waals surface area contributed by atoms with Crippen molar-refractivity contribution in [3.05, 3.63) is 196 Å². The number of fused-ring (bicyclic) bond motifs is 6. The van der Waals surface area contributed by atoms with Crippen molar-refractivity contribution >= 4 is 102 Å². The van der Waals surface area contributed by atoms with E-state index in [-0.39, 0.29) is 61.6 Å². The van der Waals surface area contributed by atoms with E-state index in [1.165, 1.54) is 43.4 Å². The van der Waals surface area contributed by atoms with Gasteiger partial charge in [0, 0.05) is 82.4 Å². The van der Waals surface area contributed by atoms with Gasteiger partial charge in [0.2, 0.25) is 11.8 Å². The number of anilines is 2. The Labute approximate surface area is 514 Å². The molecule has 8 aromatic rings. The zero-order chi connectivity index (χ0) is 61.8. The van der Waals surface area contributed by atoms with Gasteiger partial charge in [0.15, 0.2) is 0 Å². The van der Waals surface area contributed by atoms with Crippen LogP contribution in [0.5, 0.6) is 0 Å². The Morgan fingerprint density at radius 1 is 0.667 bits per heavy atom. The second kappa shape index (κ2) is 26.1. The number of likely N-dealkylation sites (tertiary alicyclic amines) is 2. The summed E-state index contributed by atoms with van der Waals surface area (Å²) in [6.07, 6.45) is 2.74. The maximum atomic E-state index is 14.7. The van der Waals surface area contributed by atoms with Gasteiger partial charge >= 0.3 is 24.7 Å². The lowest BCUT2D eigenvalue weighted by Crippen LogP contribution is -2.65. The maximum Gasteiger partial charge on any atom is 0.488 e. The Morgan fingerprint density at radius 3 is 1.60 bits per heavy atom. The van der Waals surface area contributed by atoms with Crippen molar-refractivity contribution in [1.29, 1.82) is 10.5 Å². The van der Waals surface area contributed by atoms with Gasteiger partial charge in [-0.25, -0.2) is 23.2 Å². The van der Waals surface area contributed by atoms with Gasteiger partial charge in [-0.3, -0.25) is 19.6 Å². The molecule has 0 saturated carbocycles. The zero-order valence-electron chi connectivity index (χ0n) is 46.9. The number of carbonyl (C=O) groups is 5. The maximum absolute atomic E-state index is 14.7. The second-order valence-electron chi connectivity index (χ2n) is 21.4. The molecule has 6 aromatic carbocycles. The summed E-state index contributed by atoms with van der Waals surface area (Å²) < 4.78 is 42.5. The van der Waals surface area contributed by atoms with E-state index in [1.807, 2.05) is 130 Å². The van der Waals surface area contributed by atoms with Crippen LogP contribution in [0.25, 0.3) is 32.7 Å². The fourth-order valence-electron chi connectivity index (χ4n) is 10.8. The number of nitriles is 2. The van der Waals surface area contributed by atoms with Crippen molar-refractivity contribution < 1.29 is 57.0 Å². The van der Waals surface area contributed by atoms with E-state index < -0.39 is 46.7 Å². The Kier molecular flexibility index (Phi) is 19.1. The molecule has 4 amide bonds. The van der Waals surface area contributed by atoms with Crippen LogP contribution in [0.2, 0.25) is 0 Å². The smallest absolute Gasteiger partial charge is 0.457 e. The average molecular weight is 1260 g/mol. The third-order valence-corrected chi connectivity index (χ3v) is 16.0. The first-order valence-corrected chi connectivity index (χ1v) is 27.8. The molecule has 4 aliphatic heterocycles. The van der Waals surface area contributed by atoms with Crippen molar-refractivity contribution in [2.45, 2.75) is 57.7 Å². The number of amides is 4. The summed E-state index contributed by atoms with van der Waals surface area (Å²) in [5.41, 5.74) is 3.14. The number of pyridine rings is 2. The number of aromatic nitrogens is 2. The summed E-state index contributed by atoms with van der Waals surface area (Å²) in [6, 6.07) is 42.5. The molecule has 0 bridgehead atoms. The predicted molar refractivity (Wildman–Crippen MR) is 328 cm³/mol. The fraction of sp³-hybridized carbons (Fsp3) is 0.234. The van der Waals surface area contributed by atoms with Crippen LogP contribution in [0, 0.1) is 34.3 Å². The molecule has 2 N–H and O–H groups in total. The van der Waals surface area contributed by atoms with E-state index in [0.717, 1.165) is 60.3 Å². The summed E-state index contributed by atoms with van der Waals surface area (Å²) in [4.78, 5) is 77.5. The number of para-hydroxylation sites is 2. The van der Waals surface area contributed by atoms with Crippen LogP contribution >= 0.6 is 27.5 Å². The Morgan fingerprint density at radius 2 is 1.11 bits per heavy atom. The van der Waals surface area contributed by atoms with Crippen molar-refractivity contribution in [3.8, 4) is 23.3 Å². The van der Waals surface area contributed by atoms with Gasteiger partial charge in [0.1, 0.15) is 40.2 Å². The van der Waals surface area contributed by atoms with Gasteiger partial charge in [0.05, 0.1) is 49.8 Å². The van der Waals surface area contributed by atoms with Crippen LogP contribution in [0.4, 0.5) is 34.5 Å². The topological polar surface area (TPSA) is 240 Å². The summed E-state index contributed by atoms with van der Waals surface area (Å²) in [5.74, 6) is -1.47. The SMILES string of the molecule is C.CC(C)(C)OC(=O)N1CC2(C1)C(=O)N(Cc1ncc3ccccc3c1Br)c1ccccc12.COC(=O)Cl.COC(=O)N1CC2(C1)C(=O)N(Cc1ncc3ccccc3c1-c1ccc(C#N)c(F)c1)c1ccccc12.N#Cc1ccc(B(O)O)cc1F. The highest BCUT2D eigenvalue weighted by molar-refractivity contribution is 9.10. The number of hydrogen-bond acceptors (Lipinski definition) is 14. The van der Waals surface area contributed by atoms with Crippen molar-refractivity contribution in [1.82, 2.24) is 19.8 Å². The molecule has 18 nitrogen and oxygen atoms in total. The Balaban J connectivity index is 0.000000178. The monoisotopic (exact) mass is 1260 g/mol. The van der Waals surface area contributed by atoms with Crippen LogP contribution in [-0.4, -0.2) is 112 Å². The largest absolute Gasteiger partial charge is 0.488 e. The molecule has 2 aromatic heterocycles. The lowest BCUT2D eigenvalue weighted by Gasteiger charge is -2.46. The molecule has 4 aliphatic rings. The number of hydrogen-bond donors (Lipinski definition) is 2. The first kappa shape index (κ1) is 63.7.